The zero-order valence-corrected chi connectivity index (χ0v) is 10.9. The summed E-state index contributed by atoms with van der Waals surface area (Å²) in [6.07, 6.45) is 0.825. The van der Waals surface area contributed by atoms with Crippen LogP contribution in [-0.2, 0) is 6.42 Å². The molecule has 1 aromatic heterocycles. The van der Waals surface area contributed by atoms with E-state index in [1.165, 1.54) is 5.56 Å². The summed E-state index contributed by atoms with van der Waals surface area (Å²) in [6.45, 7) is 0.658. The third-order valence-corrected chi connectivity index (χ3v) is 3.61. The molecule has 0 saturated heterocycles. The number of rotatable bonds is 5. The van der Waals surface area contributed by atoms with Crippen molar-refractivity contribution >= 4 is 33.1 Å². The van der Waals surface area contributed by atoms with Crippen LogP contribution >= 0.6 is 22.9 Å². The molecule has 7 heteroatoms. The highest BCUT2D eigenvalue weighted by Gasteiger charge is 2.19. The van der Waals surface area contributed by atoms with Crippen LogP contribution in [0.2, 0.25) is 5.15 Å². The number of hydrogen-bond acceptors (Lipinski definition) is 5. The fraction of sp³-hybridized carbons (Fsp3) is 0.182. The molecular formula is C11H10ClN3O2S. The van der Waals surface area contributed by atoms with Crippen LogP contribution in [0, 0.1) is 10.1 Å². The molecule has 0 unspecified atom stereocenters. The first-order valence-electron chi connectivity index (χ1n) is 5.25. The van der Waals surface area contributed by atoms with Gasteiger partial charge in [0.05, 0.1) is 4.92 Å². The Labute approximate surface area is 113 Å². The summed E-state index contributed by atoms with van der Waals surface area (Å²) >= 11 is 6.60. The van der Waals surface area contributed by atoms with Crippen molar-refractivity contribution < 1.29 is 4.92 Å². The number of anilines is 1. The van der Waals surface area contributed by atoms with Crippen LogP contribution < -0.4 is 5.32 Å². The fourth-order valence-corrected chi connectivity index (χ4v) is 2.46. The van der Waals surface area contributed by atoms with Crippen LogP contribution in [0.5, 0.6) is 0 Å². The van der Waals surface area contributed by atoms with Gasteiger partial charge in [-0.25, -0.2) is 4.98 Å². The Bertz CT molecular complexity index is 544. The SMILES string of the molecule is O=[N+]([O-])c1sc(NCCc2ccccc2)nc1Cl. The van der Waals surface area contributed by atoms with Crippen molar-refractivity contribution in [1.29, 1.82) is 0 Å². The van der Waals surface area contributed by atoms with Crippen molar-refractivity contribution in [2.75, 3.05) is 11.9 Å². The maximum atomic E-state index is 10.6. The molecule has 0 saturated carbocycles. The van der Waals surface area contributed by atoms with E-state index in [9.17, 15) is 10.1 Å². The zero-order chi connectivity index (χ0) is 13.0. The third kappa shape index (κ3) is 3.18. The quantitative estimate of drug-likeness (QED) is 0.675. The monoisotopic (exact) mass is 283 g/mol. The van der Waals surface area contributed by atoms with Gasteiger partial charge in [-0.05, 0) is 23.3 Å². The summed E-state index contributed by atoms with van der Waals surface area (Å²) in [7, 11) is 0. The molecule has 0 spiro atoms. The van der Waals surface area contributed by atoms with Gasteiger partial charge in [0.1, 0.15) is 0 Å². The maximum absolute atomic E-state index is 10.6. The summed E-state index contributed by atoms with van der Waals surface area (Å²) < 4.78 is 0. The highest BCUT2D eigenvalue weighted by Crippen LogP contribution is 2.33. The van der Waals surface area contributed by atoms with Crippen LogP contribution in [0.25, 0.3) is 0 Å². The molecular weight excluding hydrogens is 274 g/mol. The number of aromatic nitrogens is 1. The average Bonchev–Trinajstić information content (AvgIpc) is 2.72. The Morgan fingerprint density at radius 2 is 2.11 bits per heavy atom. The number of nitro groups is 1. The Balaban J connectivity index is 1.91. The minimum atomic E-state index is -0.525. The zero-order valence-electron chi connectivity index (χ0n) is 9.30. The van der Waals surface area contributed by atoms with Crippen molar-refractivity contribution in [1.82, 2.24) is 4.98 Å². The van der Waals surface area contributed by atoms with E-state index in [4.69, 9.17) is 11.6 Å². The second-order valence-electron chi connectivity index (χ2n) is 3.53. The molecule has 2 aromatic rings. The van der Waals surface area contributed by atoms with E-state index in [-0.39, 0.29) is 10.2 Å². The maximum Gasteiger partial charge on any atom is 0.364 e. The molecule has 0 aliphatic rings. The van der Waals surface area contributed by atoms with E-state index >= 15 is 0 Å². The van der Waals surface area contributed by atoms with E-state index < -0.39 is 4.92 Å². The van der Waals surface area contributed by atoms with E-state index in [1.54, 1.807) is 0 Å². The Hall–Kier alpha value is -1.66. The van der Waals surface area contributed by atoms with Gasteiger partial charge in [-0.1, -0.05) is 41.9 Å². The molecule has 0 fully saturated rings. The lowest BCUT2D eigenvalue weighted by atomic mass is 10.2. The molecule has 94 valence electrons. The standard InChI is InChI=1S/C11H10ClN3O2S/c12-9-10(15(16)17)18-11(14-9)13-7-6-8-4-2-1-3-5-8/h1-5H,6-7H2,(H,13,14). The van der Waals surface area contributed by atoms with Crippen molar-refractivity contribution in [3.63, 3.8) is 0 Å². The van der Waals surface area contributed by atoms with E-state index in [2.05, 4.69) is 10.3 Å². The minimum absolute atomic E-state index is 0.0628. The normalized spacial score (nSPS) is 10.3. The lowest BCUT2D eigenvalue weighted by molar-refractivity contribution is -0.380. The predicted molar refractivity (Wildman–Crippen MR) is 72.4 cm³/mol. The Kier molecular flexibility index (Phi) is 4.11. The molecule has 0 aliphatic carbocycles. The third-order valence-electron chi connectivity index (χ3n) is 2.27. The highest BCUT2D eigenvalue weighted by molar-refractivity contribution is 7.19. The van der Waals surface area contributed by atoms with E-state index in [1.807, 2.05) is 30.3 Å². The van der Waals surface area contributed by atoms with Crippen LogP contribution in [-0.4, -0.2) is 16.5 Å². The minimum Gasteiger partial charge on any atom is -0.361 e. The molecule has 0 radical (unpaired) electrons. The lowest BCUT2D eigenvalue weighted by Crippen LogP contribution is -2.04. The van der Waals surface area contributed by atoms with Gasteiger partial charge >= 0.3 is 5.00 Å². The molecule has 1 heterocycles. The molecule has 2 rings (SSSR count). The van der Waals surface area contributed by atoms with Crippen molar-refractivity contribution in [3.05, 3.63) is 51.2 Å². The average molecular weight is 284 g/mol. The molecule has 0 atom stereocenters. The summed E-state index contributed by atoms with van der Waals surface area (Å²) in [6, 6.07) is 9.96. The Morgan fingerprint density at radius 1 is 1.39 bits per heavy atom. The lowest BCUT2D eigenvalue weighted by Gasteiger charge is -2.01. The van der Waals surface area contributed by atoms with Gasteiger partial charge in [-0.3, -0.25) is 10.1 Å². The van der Waals surface area contributed by atoms with Crippen molar-refractivity contribution in [2.45, 2.75) is 6.42 Å². The van der Waals surface area contributed by atoms with Gasteiger partial charge in [0.15, 0.2) is 5.13 Å². The molecule has 1 N–H and O–H groups in total. The first-order chi connectivity index (χ1) is 8.66. The summed E-state index contributed by atoms with van der Waals surface area (Å²) in [5.74, 6) is 0. The second-order valence-corrected chi connectivity index (χ2v) is 4.87. The molecule has 1 aromatic carbocycles. The van der Waals surface area contributed by atoms with Gasteiger partial charge in [0, 0.05) is 6.54 Å². The number of nitrogens with zero attached hydrogens (tertiary/aromatic N) is 2. The van der Waals surface area contributed by atoms with Gasteiger partial charge in [-0.15, -0.1) is 0 Å². The van der Waals surface area contributed by atoms with Crippen LogP contribution in [0.1, 0.15) is 5.56 Å². The van der Waals surface area contributed by atoms with Crippen LogP contribution in [0.4, 0.5) is 10.1 Å². The van der Waals surface area contributed by atoms with Gasteiger partial charge < -0.3 is 5.32 Å². The molecule has 18 heavy (non-hydrogen) atoms. The number of halogens is 1. The highest BCUT2D eigenvalue weighted by atomic mass is 35.5. The Morgan fingerprint density at radius 3 is 2.72 bits per heavy atom. The number of benzene rings is 1. The van der Waals surface area contributed by atoms with Crippen molar-refractivity contribution in [2.24, 2.45) is 0 Å². The first-order valence-corrected chi connectivity index (χ1v) is 6.45. The molecule has 0 bridgehead atoms. The van der Waals surface area contributed by atoms with E-state index in [0.717, 1.165) is 17.8 Å². The number of hydrogen-bond donors (Lipinski definition) is 1. The second kappa shape index (κ2) is 5.79. The summed E-state index contributed by atoms with van der Waals surface area (Å²) in [4.78, 5) is 14.0. The predicted octanol–water partition coefficient (Wildman–Crippen LogP) is 3.36. The van der Waals surface area contributed by atoms with Crippen molar-refractivity contribution in [3.8, 4) is 0 Å². The molecule has 0 amide bonds. The van der Waals surface area contributed by atoms with Gasteiger partial charge in [0.25, 0.3) is 0 Å². The number of thiazole rings is 1. The summed E-state index contributed by atoms with van der Waals surface area (Å²) in [5.41, 5.74) is 1.20. The fourth-order valence-electron chi connectivity index (χ4n) is 1.44. The molecule has 0 aliphatic heterocycles. The molecule has 5 nitrogen and oxygen atoms in total. The number of nitrogens with one attached hydrogen (secondary N) is 1. The smallest absolute Gasteiger partial charge is 0.361 e. The van der Waals surface area contributed by atoms with E-state index in [0.29, 0.717) is 11.7 Å². The van der Waals surface area contributed by atoms with Crippen LogP contribution in [0.3, 0.4) is 0 Å². The van der Waals surface area contributed by atoms with Gasteiger partial charge in [-0.2, -0.15) is 0 Å². The first kappa shape index (κ1) is 12.8. The summed E-state index contributed by atoms with van der Waals surface area (Å²) in [5, 5.41) is 13.9. The topological polar surface area (TPSA) is 68.1 Å². The van der Waals surface area contributed by atoms with Gasteiger partial charge in [0.2, 0.25) is 5.15 Å². The van der Waals surface area contributed by atoms with Crippen LogP contribution in [0.15, 0.2) is 30.3 Å². The largest absolute Gasteiger partial charge is 0.364 e.